The van der Waals surface area contributed by atoms with E-state index in [1.165, 1.54) is 24.3 Å². The summed E-state index contributed by atoms with van der Waals surface area (Å²) in [6.45, 7) is 1.80. The predicted octanol–water partition coefficient (Wildman–Crippen LogP) is 2.12. The number of hydrogen-bond acceptors (Lipinski definition) is 3. The van der Waals surface area contributed by atoms with Crippen LogP contribution in [0.5, 0.6) is 0 Å². The molecule has 0 bridgehead atoms. The van der Waals surface area contributed by atoms with Gasteiger partial charge < -0.3 is 0 Å². The fourth-order valence-electron chi connectivity index (χ4n) is 2.28. The maximum atomic E-state index is 13.4. The van der Waals surface area contributed by atoms with Crippen LogP contribution in [0.1, 0.15) is 5.82 Å². The first-order valence-corrected chi connectivity index (χ1v) is 7.69. The van der Waals surface area contributed by atoms with Crippen molar-refractivity contribution in [2.75, 3.05) is 0 Å². The lowest BCUT2D eigenvalue weighted by Gasteiger charge is -2.07. The molecule has 0 saturated carbocycles. The Morgan fingerprint density at radius 2 is 1.81 bits per heavy atom. The van der Waals surface area contributed by atoms with Crippen LogP contribution < -0.4 is 5.14 Å². The SMILES string of the molecule is Cc1nc2ccc(F)cc2n1-c1ccc(S(N)(=O)=O)cc1. The van der Waals surface area contributed by atoms with E-state index in [4.69, 9.17) is 5.14 Å². The van der Waals surface area contributed by atoms with Gasteiger partial charge in [0, 0.05) is 11.8 Å². The van der Waals surface area contributed by atoms with Crippen molar-refractivity contribution in [3.8, 4) is 5.69 Å². The molecule has 7 heteroatoms. The summed E-state index contributed by atoms with van der Waals surface area (Å²) in [6, 6.07) is 10.4. The van der Waals surface area contributed by atoms with Crippen LogP contribution in [-0.2, 0) is 10.0 Å². The van der Waals surface area contributed by atoms with E-state index >= 15 is 0 Å². The summed E-state index contributed by atoms with van der Waals surface area (Å²) in [5, 5.41) is 5.07. The Morgan fingerprint density at radius 1 is 1.14 bits per heavy atom. The van der Waals surface area contributed by atoms with E-state index in [1.54, 1.807) is 29.7 Å². The molecule has 0 saturated heterocycles. The first-order valence-electron chi connectivity index (χ1n) is 6.14. The summed E-state index contributed by atoms with van der Waals surface area (Å²) in [7, 11) is -3.73. The first kappa shape index (κ1) is 13.7. The predicted molar refractivity (Wildman–Crippen MR) is 77.1 cm³/mol. The van der Waals surface area contributed by atoms with Crippen LogP contribution in [0.25, 0.3) is 16.7 Å². The van der Waals surface area contributed by atoms with Crippen molar-refractivity contribution in [3.05, 3.63) is 54.1 Å². The molecule has 0 atom stereocenters. The van der Waals surface area contributed by atoms with Gasteiger partial charge in [-0.15, -0.1) is 0 Å². The molecule has 0 spiro atoms. The van der Waals surface area contributed by atoms with Gasteiger partial charge >= 0.3 is 0 Å². The van der Waals surface area contributed by atoms with Gasteiger partial charge in [0.25, 0.3) is 0 Å². The third kappa shape index (κ3) is 2.41. The van der Waals surface area contributed by atoms with Gasteiger partial charge in [-0.1, -0.05) is 0 Å². The van der Waals surface area contributed by atoms with E-state index in [-0.39, 0.29) is 10.7 Å². The maximum absolute atomic E-state index is 13.4. The van der Waals surface area contributed by atoms with E-state index in [0.29, 0.717) is 22.5 Å². The molecular formula is C14H12FN3O2S. The van der Waals surface area contributed by atoms with Gasteiger partial charge in [-0.25, -0.2) is 22.9 Å². The lowest BCUT2D eigenvalue weighted by Crippen LogP contribution is -2.12. The number of aryl methyl sites for hydroxylation is 1. The van der Waals surface area contributed by atoms with Crippen molar-refractivity contribution >= 4 is 21.1 Å². The van der Waals surface area contributed by atoms with Gasteiger partial charge in [-0.05, 0) is 43.3 Å². The summed E-state index contributed by atoms with van der Waals surface area (Å²) < 4.78 is 37.7. The summed E-state index contributed by atoms with van der Waals surface area (Å²) in [5.74, 6) is 0.323. The second kappa shape index (κ2) is 4.64. The first-order chi connectivity index (χ1) is 9.86. The van der Waals surface area contributed by atoms with Crippen LogP contribution in [0.2, 0.25) is 0 Å². The fourth-order valence-corrected chi connectivity index (χ4v) is 2.80. The largest absolute Gasteiger partial charge is 0.296 e. The number of aromatic nitrogens is 2. The lowest BCUT2D eigenvalue weighted by molar-refractivity contribution is 0.598. The molecule has 3 aromatic rings. The molecule has 5 nitrogen and oxygen atoms in total. The van der Waals surface area contributed by atoms with Crippen molar-refractivity contribution in [2.45, 2.75) is 11.8 Å². The summed E-state index contributed by atoms with van der Waals surface area (Å²) in [5.41, 5.74) is 1.98. The Labute approximate surface area is 120 Å². The summed E-state index contributed by atoms with van der Waals surface area (Å²) in [4.78, 5) is 4.38. The number of sulfonamides is 1. The van der Waals surface area contributed by atoms with Gasteiger partial charge in [-0.3, -0.25) is 4.57 Å². The molecule has 21 heavy (non-hydrogen) atoms. The lowest BCUT2D eigenvalue weighted by atomic mass is 10.2. The zero-order valence-electron chi connectivity index (χ0n) is 11.1. The van der Waals surface area contributed by atoms with E-state index < -0.39 is 10.0 Å². The van der Waals surface area contributed by atoms with Gasteiger partial charge in [0.1, 0.15) is 11.6 Å². The Bertz CT molecular complexity index is 931. The third-order valence-electron chi connectivity index (χ3n) is 3.21. The highest BCUT2D eigenvalue weighted by Gasteiger charge is 2.12. The molecule has 0 aliphatic rings. The summed E-state index contributed by atoms with van der Waals surface area (Å²) in [6.07, 6.45) is 0. The monoisotopic (exact) mass is 305 g/mol. The van der Waals surface area contributed by atoms with Gasteiger partial charge in [0.05, 0.1) is 15.9 Å². The molecular weight excluding hydrogens is 293 g/mol. The van der Waals surface area contributed by atoms with Crippen LogP contribution in [0.4, 0.5) is 4.39 Å². The van der Waals surface area contributed by atoms with Crippen molar-refractivity contribution in [1.82, 2.24) is 9.55 Å². The molecule has 0 fully saturated rings. The number of nitrogens with zero attached hydrogens (tertiary/aromatic N) is 2. The third-order valence-corrected chi connectivity index (χ3v) is 4.14. The minimum absolute atomic E-state index is 0.0273. The number of imidazole rings is 1. The number of nitrogens with two attached hydrogens (primary N) is 1. The van der Waals surface area contributed by atoms with E-state index in [9.17, 15) is 12.8 Å². The Hall–Kier alpha value is -2.25. The minimum atomic E-state index is -3.73. The zero-order chi connectivity index (χ0) is 15.2. The molecule has 108 valence electrons. The normalized spacial score (nSPS) is 12.0. The topological polar surface area (TPSA) is 78.0 Å². The van der Waals surface area contributed by atoms with Crippen LogP contribution >= 0.6 is 0 Å². The van der Waals surface area contributed by atoms with Crippen LogP contribution in [0.3, 0.4) is 0 Å². The standard InChI is InChI=1S/C14H12FN3O2S/c1-9-17-13-7-2-10(15)8-14(13)18(9)11-3-5-12(6-4-11)21(16,19)20/h2-8H,1H3,(H2,16,19,20). The quantitative estimate of drug-likeness (QED) is 0.787. The van der Waals surface area contributed by atoms with Crippen LogP contribution in [0.15, 0.2) is 47.4 Å². The molecule has 0 aliphatic heterocycles. The smallest absolute Gasteiger partial charge is 0.238 e. The Kier molecular flexibility index (Phi) is 3.03. The molecule has 1 aromatic heterocycles. The van der Waals surface area contributed by atoms with Crippen LogP contribution in [0, 0.1) is 12.7 Å². The average molecular weight is 305 g/mol. The Morgan fingerprint density at radius 3 is 2.43 bits per heavy atom. The van der Waals surface area contributed by atoms with Gasteiger partial charge in [0.15, 0.2) is 0 Å². The highest BCUT2D eigenvalue weighted by Crippen LogP contribution is 2.23. The number of benzene rings is 2. The van der Waals surface area contributed by atoms with Crippen molar-refractivity contribution in [3.63, 3.8) is 0 Å². The van der Waals surface area contributed by atoms with E-state index in [1.807, 2.05) is 0 Å². The second-order valence-electron chi connectivity index (χ2n) is 4.67. The number of rotatable bonds is 2. The highest BCUT2D eigenvalue weighted by atomic mass is 32.2. The van der Waals surface area contributed by atoms with Crippen molar-refractivity contribution < 1.29 is 12.8 Å². The zero-order valence-corrected chi connectivity index (χ0v) is 11.9. The fraction of sp³-hybridized carbons (Fsp3) is 0.0714. The maximum Gasteiger partial charge on any atom is 0.238 e. The molecule has 2 aromatic carbocycles. The van der Waals surface area contributed by atoms with Gasteiger partial charge in [0.2, 0.25) is 10.0 Å². The number of primary sulfonamides is 1. The molecule has 2 N–H and O–H groups in total. The molecule has 1 heterocycles. The van der Waals surface area contributed by atoms with Crippen molar-refractivity contribution in [2.24, 2.45) is 5.14 Å². The Balaban J connectivity index is 2.20. The number of hydrogen-bond donors (Lipinski definition) is 1. The van der Waals surface area contributed by atoms with Gasteiger partial charge in [-0.2, -0.15) is 0 Å². The second-order valence-corrected chi connectivity index (χ2v) is 6.23. The number of halogens is 1. The molecule has 0 radical (unpaired) electrons. The van der Waals surface area contributed by atoms with E-state index in [2.05, 4.69) is 4.98 Å². The highest BCUT2D eigenvalue weighted by molar-refractivity contribution is 7.89. The molecule has 0 amide bonds. The van der Waals surface area contributed by atoms with Crippen LogP contribution in [-0.4, -0.2) is 18.0 Å². The van der Waals surface area contributed by atoms with E-state index in [0.717, 1.165) is 0 Å². The average Bonchev–Trinajstić information content (AvgIpc) is 2.73. The molecule has 3 rings (SSSR count). The summed E-state index contributed by atoms with van der Waals surface area (Å²) >= 11 is 0. The minimum Gasteiger partial charge on any atom is -0.296 e. The molecule has 0 aliphatic carbocycles. The van der Waals surface area contributed by atoms with Crippen molar-refractivity contribution in [1.29, 1.82) is 0 Å². The number of fused-ring (bicyclic) bond motifs is 1. The molecule has 0 unspecified atom stereocenters.